The number of amides is 2. The van der Waals surface area contributed by atoms with Crippen molar-refractivity contribution in [3.05, 3.63) is 65.3 Å². The van der Waals surface area contributed by atoms with Crippen molar-refractivity contribution in [2.75, 3.05) is 19.6 Å². The van der Waals surface area contributed by atoms with Gasteiger partial charge in [-0.05, 0) is 42.8 Å². The van der Waals surface area contributed by atoms with Crippen LogP contribution in [0.2, 0.25) is 5.02 Å². The molecule has 2 aliphatic heterocycles. The van der Waals surface area contributed by atoms with Crippen molar-refractivity contribution < 1.29 is 9.59 Å². The van der Waals surface area contributed by atoms with E-state index in [1.807, 2.05) is 36.1 Å². The number of hydrogen-bond acceptors (Lipinski definition) is 5. The molecule has 3 heterocycles. The number of piperazine rings is 1. The molecule has 8 heteroatoms. The van der Waals surface area contributed by atoms with E-state index in [9.17, 15) is 9.59 Å². The second-order valence-electron chi connectivity index (χ2n) is 7.41. The number of nitrogens with two attached hydrogens (primary N) is 1. The topological polar surface area (TPSA) is 101 Å². The molecule has 3 N–H and O–H groups in total. The number of pyridine rings is 1. The molecule has 0 bridgehead atoms. The number of nitrogens with zero attached hydrogens (tertiary/aromatic N) is 3. The summed E-state index contributed by atoms with van der Waals surface area (Å²) >= 11 is 6.42. The average Bonchev–Trinajstić information content (AvgIpc) is 2.74. The van der Waals surface area contributed by atoms with Crippen molar-refractivity contribution in [1.82, 2.24) is 15.2 Å². The summed E-state index contributed by atoms with van der Waals surface area (Å²) in [5, 5.41) is 3.33. The molecule has 0 radical (unpaired) electrons. The van der Waals surface area contributed by atoms with Crippen molar-refractivity contribution in [2.24, 2.45) is 10.7 Å². The summed E-state index contributed by atoms with van der Waals surface area (Å²) < 4.78 is 0. The van der Waals surface area contributed by atoms with Crippen molar-refractivity contribution in [1.29, 1.82) is 0 Å². The Bertz CT molecular complexity index is 1050. The minimum Gasteiger partial charge on any atom is -0.369 e. The molecule has 1 aromatic carbocycles. The highest BCUT2D eigenvalue weighted by Crippen LogP contribution is 2.38. The Morgan fingerprint density at radius 3 is 2.83 bits per heavy atom. The van der Waals surface area contributed by atoms with Crippen LogP contribution in [0.4, 0.5) is 0 Å². The molecule has 1 saturated heterocycles. The minimum absolute atomic E-state index is 0.0468. The zero-order chi connectivity index (χ0) is 21.3. The normalized spacial score (nSPS) is 23.7. The van der Waals surface area contributed by atoms with Gasteiger partial charge in [0.05, 0.1) is 18.3 Å². The molecular weight excluding hydrogens is 402 g/mol. The number of halogens is 1. The molecule has 7 nitrogen and oxygen atoms in total. The highest BCUT2D eigenvalue weighted by molar-refractivity contribution is 6.33. The molecule has 0 saturated carbocycles. The summed E-state index contributed by atoms with van der Waals surface area (Å²) in [5.41, 5.74) is 6.91. The van der Waals surface area contributed by atoms with Crippen molar-refractivity contribution in [3.63, 3.8) is 0 Å². The first-order chi connectivity index (χ1) is 14.4. The Morgan fingerprint density at radius 2 is 2.17 bits per heavy atom. The maximum Gasteiger partial charge on any atom is 0.239 e. The first-order valence-electron chi connectivity index (χ1n) is 9.72. The zero-order valence-electron chi connectivity index (χ0n) is 16.5. The third-order valence-electron chi connectivity index (χ3n) is 5.64. The lowest BCUT2D eigenvalue weighted by Crippen LogP contribution is -2.53. The summed E-state index contributed by atoms with van der Waals surface area (Å²) in [6.45, 7) is 3.32. The molecule has 2 amide bonds. The Morgan fingerprint density at radius 1 is 1.33 bits per heavy atom. The number of aromatic nitrogens is 1. The highest BCUT2D eigenvalue weighted by atomic mass is 35.5. The van der Waals surface area contributed by atoms with E-state index in [0.717, 1.165) is 5.56 Å². The van der Waals surface area contributed by atoms with Crippen LogP contribution in [0.25, 0.3) is 11.3 Å². The van der Waals surface area contributed by atoms with Crippen molar-refractivity contribution in [3.8, 4) is 11.3 Å². The van der Waals surface area contributed by atoms with Gasteiger partial charge in [-0.25, -0.2) is 0 Å². The summed E-state index contributed by atoms with van der Waals surface area (Å²) in [4.78, 5) is 35.5. The van der Waals surface area contributed by atoms with E-state index in [-0.39, 0.29) is 12.5 Å². The molecule has 0 aliphatic carbocycles. The van der Waals surface area contributed by atoms with Crippen LogP contribution < -0.4 is 11.1 Å². The number of hydrogen-bond donors (Lipinski definition) is 2. The zero-order valence-corrected chi connectivity index (χ0v) is 17.3. The number of primary amides is 1. The molecule has 2 aromatic rings. The monoisotopic (exact) mass is 423 g/mol. The van der Waals surface area contributed by atoms with Crippen LogP contribution in [0.15, 0.2) is 59.7 Å². The van der Waals surface area contributed by atoms with Gasteiger partial charge < -0.3 is 16.0 Å². The van der Waals surface area contributed by atoms with Gasteiger partial charge in [0.15, 0.2) is 0 Å². The molecule has 4 rings (SSSR count). The maximum atomic E-state index is 12.7. The highest BCUT2D eigenvalue weighted by Gasteiger charge is 2.44. The predicted octanol–water partition coefficient (Wildman–Crippen LogP) is 1.91. The summed E-state index contributed by atoms with van der Waals surface area (Å²) in [5.74, 6) is 0.127. The van der Waals surface area contributed by atoms with Crippen LogP contribution in [0.5, 0.6) is 0 Å². The van der Waals surface area contributed by atoms with Gasteiger partial charge in [0.25, 0.3) is 0 Å². The average molecular weight is 424 g/mol. The smallest absolute Gasteiger partial charge is 0.239 e. The first kappa shape index (κ1) is 20.1. The summed E-state index contributed by atoms with van der Waals surface area (Å²) in [6, 6.07) is 10.5. The maximum absolute atomic E-state index is 12.7. The van der Waals surface area contributed by atoms with Crippen LogP contribution in [0, 0.1) is 0 Å². The van der Waals surface area contributed by atoms with Crippen LogP contribution in [-0.4, -0.2) is 53.2 Å². The molecule has 2 atom stereocenters. The Hall–Kier alpha value is -3.19. The number of carbonyl (C=O) groups excluding carboxylic acids is 2. The first-order valence-corrected chi connectivity index (χ1v) is 10.1. The third-order valence-corrected chi connectivity index (χ3v) is 5.96. The number of amidine groups is 1. The molecule has 1 aromatic heterocycles. The SMILES string of the molecule is CC1N=C(N2CCNC(=O)C2)C=CC1(C(N)=O)c1ccc(Cl)c(-c2ccccn2)c1. The van der Waals surface area contributed by atoms with Gasteiger partial charge in [0.2, 0.25) is 11.8 Å². The number of rotatable bonds is 3. The van der Waals surface area contributed by atoms with E-state index in [2.05, 4.69) is 10.3 Å². The van der Waals surface area contributed by atoms with E-state index < -0.39 is 17.4 Å². The van der Waals surface area contributed by atoms with E-state index in [1.54, 1.807) is 30.5 Å². The second kappa shape index (κ2) is 7.91. The van der Waals surface area contributed by atoms with E-state index in [1.165, 1.54) is 0 Å². The standard InChI is InChI=1S/C22H22ClN5O2/c1-14-22(21(24)30,8-7-19(27-14)28-11-10-26-20(29)13-28)15-5-6-17(23)16(12-15)18-4-2-3-9-25-18/h2-9,12,14H,10-11,13H2,1H3,(H2,24,30)(H,26,29). The lowest BCUT2D eigenvalue weighted by molar-refractivity contribution is -0.123. The van der Waals surface area contributed by atoms with Gasteiger partial charge in [0.1, 0.15) is 11.3 Å². The number of dihydropyridines is 1. The summed E-state index contributed by atoms with van der Waals surface area (Å²) in [6.07, 6.45) is 5.26. The lowest BCUT2D eigenvalue weighted by Gasteiger charge is -2.38. The van der Waals surface area contributed by atoms with Crippen LogP contribution in [0.1, 0.15) is 12.5 Å². The van der Waals surface area contributed by atoms with Crippen molar-refractivity contribution >= 4 is 29.3 Å². The molecule has 154 valence electrons. The molecule has 2 aliphatic rings. The fraction of sp³-hybridized carbons (Fsp3) is 0.273. The molecule has 1 fully saturated rings. The molecule has 2 unspecified atom stereocenters. The molecular formula is C22H22ClN5O2. The number of nitrogens with one attached hydrogen (secondary N) is 1. The Balaban J connectivity index is 1.74. The fourth-order valence-electron chi connectivity index (χ4n) is 3.98. The van der Waals surface area contributed by atoms with Gasteiger partial charge in [0, 0.05) is 29.9 Å². The third kappa shape index (κ3) is 3.45. The van der Waals surface area contributed by atoms with Gasteiger partial charge in [-0.1, -0.05) is 29.8 Å². The summed E-state index contributed by atoms with van der Waals surface area (Å²) in [7, 11) is 0. The largest absolute Gasteiger partial charge is 0.369 e. The van der Waals surface area contributed by atoms with Gasteiger partial charge in [-0.15, -0.1) is 0 Å². The van der Waals surface area contributed by atoms with E-state index in [0.29, 0.717) is 35.2 Å². The minimum atomic E-state index is -1.13. The Labute approximate surface area is 179 Å². The van der Waals surface area contributed by atoms with Gasteiger partial charge >= 0.3 is 0 Å². The van der Waals surface area contributed by atoms with Crippen molar-refractivity contribution in [2.45, 2.75) is 18.4 Å². The molecule has 30 heavy (non-hydrogen) atoms. The van der Waals surface area contributed by atoms with Crippen LogP contribution >= 0.6 is 11.6 Å². The molecule has 0 spiro atoms. The van der Waals surface area contributed by atoms with Crippen LogP contribution in [0.3, 0.4) is 0 Å². The lowest BCUT2D eigenvalue weighted by atomic mass is 9.72. The number of carbonyl (C=O) groups is 2. The quantitative estimate of drug-likeness (QED) is 0.787. The van der Waals surface area contributed by atoms with E-state index in [4.69, 9.17) is 22.3 Å². The van der Waals surface area contributed by atoms with Gasteiger partial charge in [-0.3, -0.25) is 19.6 Å². The predicted molar refractivity (Wildman–Crippen MR) is 116 cm³/mol. The van der Waals surface area contributed by atoms with Crippen LogP contribution in [-0.2, 0) is 15.0 Å². The second-order valence-corrected chi connectivity index (χ2v) is 7.82. The fourth-order valence-corrected chi connectivity index (χ4v) is 4.19. The van der Waals surface area contributed by atoms with E-state index >= 15 is 0 Å². The number of aliphatic imine (C=N–C) groups is 1. The number of benzene rings is 1. The van der Waals surface area contributed by atoms with Gasteiger partial charge in [-0.2, -0.15) is 0 Å². The Kier molecular flexibility index (Phi) is 5.30.